The second kappa shape index (κ2) is 11.9. The van der Waals surface area contributed by atoms with Crippen LogP contribution in [0, 0.1) is 0 Å². The van der Waals surface area contributed by atoms with E-state index in [2.05, 4.69) is 105 Å². The number of benzene rings is 3. The molecule has 4 aromatic rings. The molecular weight excluding hydrogens is 446 g/mol. The Bertz CT molecular complexity index is 1270. The summed E-state index contributed by atoms with van der Waals surface area (Å²) in [5.41, 5.74) is 10.8. The first-order chi connectivity index (χ1) is 18.3. The quantitative estimate of drug-likeness (QED) is 0.181. The van der Waals surface area contributed by atoms with E-state index in [1.54, 1.807) is 11.1 Å². The molecular formula is C36H41N. The second-order valence-electron chi connectivity index (χ2n) is 10.8. The zero-order valence-corrected chi connectivity index (χ0v) is 22.7. The first-order valence-corrected chi connectivity index (χ1v) is 14.5. The maximum Gasteiger partial charge on any atom is 0.0702 e. The summed E-state index contributed by atoms with van der Waals surface area (Å²) in [5, 5.41) is 0. The lowest BCUT2D eigenvalue weighted by Crippen LogP contribution is -2.25. The van der Waals surface area contributed by atoms with Gasteiger partial charge in [0.1, 0.15) is 0 Å². The molecule has 0 saturated heterocycles. The van der Waals surface area contributed by atoms with Crippen molar-refractivity contribution in [1.29, 1.82) is 0 Å². The minimum Gasteiger partial charge on any atom is -0.256 e. The van der Waals surface area contributed by atoms with Gasteiger partial charge < -0.3 is 0 Å². The number of unbranched alkanes of at least 4 members (excludes halogenated alkanes) is 6. The van der Waals surface area contributed by atoms with Crippen molar-refractivity contribution >= 4 is 0 Å². The Balaban J connectivity index is 1.53. The standard InChI is InChI=1S/C36H41N/c1-3-5-7-14-24-36(25-15-8-6-4-2)33-19-13-12-18-31(33)32-22-20-29(26-34(32)36)30-21-23-35(37-27-30)28-16-10-9-11-17-28/h9-13,16-23,26-27H,3-8,14-15,24-25H2,1-2H3. The van der Waals surface area contributed by atoms with E-state index in [-0.39, 0.29) is 5.41 Å². The minimum absolute atomic E-state index is 0.126. The molecule has 0 unspecified atom stereocenters. The smallest absolute Gasteiger partial charge is 0.0702 e. The predicted molar refractivity (Wildman–Crippen MR) is 159 cm³/mol. The van der Waals surface area contributed by atoms with Crippen molar-refractivity contribution in [1.82, 2.24) is 4.98 Å². The van der Waals surface area contributed by atoms with Crippen LogP contribution in [0.2, 0.25) is 0 Å². The van der Waals surface area contributed by atoms with Gasteiger partial charge in [0.2, 0.25) is 0 Å². The SMILES string of the molecule is CCCCCCC1(CCCCCC)c2ccccc2-c2ccc(-c3ccc(-c4ccccc4)nc3)cc21. The number of nitrogens with zero attached hydrogens (tertiary/aromatic N) is 1. The number of rotatable bonds is 12. The van der Waals surface area contributed by atoms with Gasteiger partial charge in [0, 0.05) is 22.7 Å². The molecule has 3 aromatic carbocycles. The maximum atomic E-state index is 4.83. The van der Waals surface area contributed by atoms with Gasteiger partial charge in [-0.1, -0.05) is 138 Å². The van der Waals surface area contributed by atoms with E-state index in [9.17, 15) is 0 Å². The van der Waals surface area contributed by atoms with Gasteiger partial charge in [0.15, 0.2) is 0 Å². The molecule has 0 bridgehead atoms. The van der Waals surface area contributed by atoms with E-state index in [4.69, 9.17) is 4.98 Å². The Labute approximate surface area is 224 Å². The fourth-order valence-corrected chi connectivity index (χ4v) is 6.35. The highest BCUT2D eigenvalue weighted by Gasteiger charge is 2.42. The zero-order chi connectivity index (χ0) is 25.5. The second-order valence-corrected chi connectivity index (χ2v) is 10.8. The Morgan fingerprint density at radius 3 is 1.86 bits per heavy atom. The molecule has 0 saturated carbocycles. The van der Waals surface area contributed by atoms with Crippen LogP contribution in [0.25, 0.3) is 33.5 Å². The Kier molecular flexibility index (Phi) is 8.19. The van der Waals surface area contributed by atoms with Gasteiger partial charge in [-0.25, -0.2) is 0 Å². The van der Waals surface area contributed by atoms with Crippen molar-refractivity contribution in [2.24, 2.45) is 0 Å². The average Bonchev–Trinajstić information content (AvgIpc) is 3.23. The lowest BCUT2D eigenvalue weighted by Gasteiger charge is -2.33. The number of hydrogen-bond acceptors (Lipinski definition) is 1. The molecule has 0 atom stereocenters. The van der Waals surface area contributed by atoms with Crippen LogP contribution >= 0.6 is 0 Å². The van der Waals surface area contributed by atoms with Crippen molar-refractivity contribution < 1.29 is 0 Å². The fraction of sp³-hybridized carbons (Fsp3) is 0.361. The van der Waals surface area contributed by atoms with Crippen LogP contribution in [-0.2, 0) is 5.41 Å². The van der Waals surface area contributed by atoms with Crippen LogP contribution in [0.5, 0.6) is 0 Å². The summed E-state index contributed by atoms with van der Waals surface area (Å²) in [7, 11) is 0. The molecule has 1 heteroatoms. The number of fused-ring (bicyclic) bond motifs is 3. The summed E-state index contributed by atoms with van der Waals surface area (Å²) in [6, 6.07) is 31.3. The van der Waals surface area contributed by atoms with Crippen LogP contribution < -0.4 is 0 Å². The lowest BCUT2D eigenvalue weighted by atomic mass is 9.70. The lowest BCUT2D eigenvalue weighted by molar-refractivity contribution is 0.401. The normalized spacial score (nSPS) is 13.4. The molecule has 0 fully saturated rings. The molecule has 1 aliphatic carbocycles. The third-order valence-corrected chi connectivity index (χ3v) is 8.35. The highest BCUT2D eigenvalue weighted by Crippen LogP contribution is 2.54. The summed E-state index contributed by atoms with van der Waals surface area (Å²) >= 11 is 0. The van der Waals surface area contributed by atoms with Gasteiger partial charge in [0.25, 0.3) is 0 Å². The molecule has 0 N–H and O–H groups in total. The summed E-state index contributed by atoms with van der Waals surface area (Å²) in [4.78, 5) is 4.83. The largest absolute Gasteiger partial charge is 0.256 e. The molecule has 0 amide bonds. The van der Waals surface area contributed by atoms with Crippen molar-refractivity contribution in [3.63, 3.8) is 0 Å². The summed E-state index contributed by atoms with van der Waals surface area (Å²) in [5.74, 6) is 0. The number of aromatic nitrogens is 1. The van der Waals surface area contributed by atoms with Crippen molar-refractivity contribution in [3.05, 3.63) is 102 Å². The van der Waals surface area contributed by atoms with Crippen LogP contribution in [0.4, 0.5) is 0 Å². The van der Waals surface area contributed by atoms with Gasteiger partial charge in [-0.05, 0) is 52.8 Å². The van der Waals surface area contributed by atoms with Crippen molar-refractivity contribution in [2.75, 3.05) is 0 Å². The third kappa shape index (κ3) is 5.28. The maximum absolute atomic E-state index is 4.83. The number of pyridine rings is 1. The van der Waals surface area contributed by atoms with Crippen LogP contribution in [-0.4, -0.2) is 4.98 Å². The van der Waals surface area contributed by atoms with E-state index in [1.165, 1.54) is 86.5 Å². The molecule has 1 nitrogen and oxygen atoms in total. The molecule has 37 heavy (non-hydrogen) atoms. The monoisotopic (exact) mass is 487 g/mol. The van der Waals surface area contributed by atoms with Gasteiger partial charge >= 0.3 is 0 Å². The van der Waals surface area contributed by atoms with Gasteiger partial charge in [0.05, 0.1) is 5.69 Å². The van der Waals surface area contributed by atoms with Crippen LogP contribution in [0.15, 0.2) is 91.1 Å². The van der Waals surface area contributed by atoms with E-state index >= 15 is 0 Å². The van der Waals surface area contributed by atoms with Crippen LogP contribution in [0.1, 0.15) is 89.2 Å². The van der Waals surface area contributed by atoms with Gasteiger partial charge in [-0.3, -0.25) is 4.98 Å². The van der Waals surface area contributed by atoms with Crippen LogP contribution in [0.3, 0.4) is 0 Å². The van der Waals surface area contributed by atoms with E-state index < -0.39 is 0 Å². The molecule has 0 radical (unpaired) electrons. The first-order valence-electron chi connectivity index (χ1n) is 14.5. The predicted octanol–water partition coefficient (Wildman–Crippen LogP) is 10.6. The van der Waals surface area contributed by atoms with E-state index in [1.807, 2.05) is 0 Å². The molecule has 0 spiro atoms. The highest BCUT2D eigenvalue weighted by molar-refractivity contribution is 5.84. The minimum atomic E-state index is 0.126. The van der Waals surface area contributed by atoms with Crippen molar-refractivity contribution in [3.8, 4) is 33.5 Å². The molecule has 1 heterocycles. The Morgan fingerprint density at radius 2 is 1.19 bits per heavy atom. The highest BCUT2D eigenvalue weighted by atomic mass is 14.7. The average molecular weight is 488 g/mol. The van der Waals surface area contributed by atoms with Crippen molar-refractivity contribution in [2.45, 2.75) is 83.5 Å². The topological polar surface area (TPSA) is 12.9 Å². The first kappa shape index (κ1) is 25.5. The molecule has 1 aliphatic rings. The van der Waals surface area contributed by atoms with Gasteiger partial charge in [-0.2, -0.15) is 0 Å². The molecule has 1 aromatic heterocycles. The molecule has 5 rings (SSSR count). The summed E-state index contributed by atoms with van der Waals surface area (Å²) in [6.07, 6.45) is 15.0. The third-order valence-electron chi connectivity index (χ3n) is 8.35. The van der Waals surface area contributed by atoms with E-state index in [0.717, 1.165) is 11.3 Å². The molecule has 190 valence electrons. The Hall–Kier alpha value is -3.19. The van der Waals surface area contributed by atoms with Gasteiger partial charge in [-0.15, -0.1) is 0 Å². The summed E-state index contributed by atoms with van der Waals surface area (Å²) < 4.78 is 0. The molecule has 0 aliphatic heterocycles. The number of hydrogen-bond donors (Lipinski definition) is 0. The summed E-state index contributed by atoms with van der Waals surface area (Å²) in [6.45, 7) is 4.62. The zero-order valence-electron chi connectivity index (χ0n) is 22.7. The Morgan fingerprint density at radius 1 is 0.541 bits per heavy atom. The van der Waals surface area contributed by atoms with E-state index in [0.29, 0.717) is 0 Å². The fourth-order valence-electron chi connectivity index (χ4n) is 6.35.